The van der Waals surface area contributed by atoms with Crippen molar-refractivity contribution in [2.75, 3.05) is 0 Å². The van der Waals surface area contributed by atoms with E-state index in [1.54, 1.807) is 0 Å². The van der Waals surface area contributed by atoms with E-state index < -0.39 is 0 Å². The smallest absolute Gasteiger partial charge is 0.236 e. The van der Waals surface area contributed by atoms with Gasteiger partial charge in [0.05, 0.1) is 38.8 Å². The van der Waals surface area contributed by atoms with Crippen LogP contribution in [0.1, 0.15) is 0 Å². The highest BCUT2D eigenvalue weighted by molar-refractivity contribution is 6.23. The lowest BCUT2D eigenvalue weighted by molar-refractivity contribution is 0.976. The SMILES string of the molecule is c1ccc(-c2nc(-n3c4ccccc4c4ccc5c6ccccc6n(-c6ccccc6)c5c43)nc(-c3ccccc3)c2-n2c3ccccc3c3ccccc32)cc1. The molecule has 0 aliphatic heterocycles. The van der Waals surface area contributed by atoms with Crippen molar-refractivity contribution in [1.82, 2.24) is 23.7 Å². The molecule has 12 aromatic rings. The topological polar surface area (TPSA) is 40.6 Å². The lowest BCUT2D eigenvalue weighted by Crippen LogP contribution is -2.10. The van der Waals surface area contributed by atoms with Gasteiger partial charge < -0.3 is 9.13 Å². The van der Waals surface area contributed by atoms with E-state index in [0.717, 1.165) is 77.8 Å². The van der Waals surface area contributed by atoms with Gasteiger partial charge in [0, 0.05) is 49.1 Å². The van der Waals surface area contributed by atoms with Crippen LogP contribution in [-0.4, -0.2) is 23.7 Å². The van der Waals surface area contributed by atoms with Crippen LogP contribution in [0.4, 0.5) is 0 Å². The van der Waals surface area contributed by atoms with Crippen LogP contribution in [0.25, 0.3) is 105 Å². The molecule has 0 bridgehead atoms. The molecule has 4 heterocycles. The van der Waals surface area contributed by atoms with E-state index in [2.05, 4.69) is 214 Å². The second-order valence-corrected chi connectivity index (χ2v) is 14.6. The number of aromatic nitrogens is 5. The summed E-state index contributed by atoms with van der Waals surface area (Å²) >= 11 is 0. The quantitative estimate of drug-likeness (QED) is 0.177. The molecule has 5 nitrogen and oxygen atoms in total. The Morgan fingerprint density at radius 1 is 0.281 bits per heavy atom. The summed E-state index contributed by atoms with van der Waals surface area (Å²) < 4.78 is 7.08. The van der Waals surface area contributed by atoms with Crippen molar-refractivity contribution < 1.29 is 0 Å². The van der Waals surface area contributed by atoms with Crippen LogP contribution in [0.3, 0.4) is 0 Å². The van der Waals surface area contributed by atoms with Gasteiger partial charge >= 0.3 is 0 Å². The number of fused-ring (bicyclic) bond motifs is 10. The summed E-state index contributed by atoms with van der Waals surface area (Å²) in [6.07, 6.45) is 0. The van der Waals surface area contributed by atoms with Crippen LogP contribution in [0.2, 0.25) is 0 Å². The van der Waals surface area contributed by atoms with Crippen LogP contribution in [0.15, 0.2) is 200 Å². The average molecular weight is 728 g/mol. The van der Waals surface area contributed by atoms with Crippen molar-refractivity contribution in [3.63, 3.8) is 0 Å². The van der Waals surface area contributed by atoms with Gasteiger partial charge in [0.15, 0.2) is 0 Å². The maximum absolute atomic E-state index is 5.73. The molecule has 266 valence electrons. The minimum atomic E-state index is 0.612. The zero-order valence-corrected chi connectivity index (χ0v) is 30.8. The zero-order chi connectivity index (χ0) is 37.5. The summed E-state index contributed by atoms with van der Waals surface area (Å²) in [7, 11) is 0. The highest BCUT2D eigenvalue weighted by atomic mass is 15.2. The van der Waals surface area contributed by atoms with Gasteiger partial charge in [-0.3, -0.25) is 4.57 Å². The Morgan fingerprint density at radius 2 is 0.632 bits per heavy atom. The van der Waals surface area contributed by atoms with Crippen molar-refractivity contribution >= 4 is 65.4 Å². The van der Waals surface area contributed by atoms with E-state index in [1.165, 1.54) is 21.5 Å². The van der Waals surface area contributed by atoms with E-state index in [4.69, 9.17) is 9.97 Å². The summed E-state index contributed by atoms with van der Waals surface area (Å²) in [6.45, 7) is 0. The van der Waals surface area contributed by atoms with Crippen LogP contribution in [0.5, 0.6) is 0 Å². The molecular weight excluding hydrogens is 695 g/mol. The predicted molar refractivity (Wildman–Crippen MR) is 236 cm³/mol. The molecule has 0 spiro atoms. The minimum Gasteiger partial charge on any atom is -0.307 e. The van der Waals surface area contributed by atoms with Crippen molar-refractivity contribution in [2.24, 2.45) is 0 Å². The molecule has 0 saturated heterocycles. The monoisotopic (exact) mass is 727 g/mol. The Balaban J connectivity index is 1.30. The van der Waals surface area contributed by atoms with Crippen molar-refractivity contribution in [1.29, 1.82) is 0 Å². The molecule has 57 heavy (non-hydrogen) atoms. The fraction of sp³-hybridized carbons (Fsp3) is 0. The molecule has 0 amide bonds. The lowest BCUT2D eigenvalue weighted by Gasteiger charge is -2.20. The first-order valence-electron chi connectivity index (χ1n) is 19.4. The fourth-order valence-corrected chi connectivity index (χ4v) is 9.07. The lowest BCUT2D eigenvalue weighted by atomic mass is 10.0. The first kappa shape index (κ1) is 31.6. The van der Waals surface area contributed by atoms with E-state index in [1.807, 2.05) is 0 Å². The normalized spacial score (nSPS) is 11.9. The first-order chi connectivity index (χ1) is 28.3. The second-order valence-electron chi connectivity index (χ2n) is 14.6. The van der Waals surface area contributed by atoms with E-state index >= 15 is 0 Å². The molecule has 0 saturated carbocycles. The van der Waals surface area contributed by atoms with Gasteiger partial charge in [-0.05, 0) is 36.4 Å². The number of rotatable bonds is 5. The van der Waals surface area contributed by atoms with Crippen LogP contribution in [-0.2, 0) is 0 Å². The van der Waals surface area contributed by atoms with Gasteiger partial charge in [0.1, 0.15) is 11.4 Å². The molecule has 4 aromatic heterocycles. The van der Waals surface area contributed by atoms with Gasteiger partial charge in [-0.1, -0.05) is 164 Å². The summed E-state index contributed by atoms with van der Waals surface area (Å²) in [6, 6.07) is 71.1. The van der Waals surface area contributed by atoms with Crippen molar-refractivity contribution in [3.05, 3.63) is 200 Å². The van der Waals surface area contributed by atoms with Gasteiger partial charge in [0.25, 0.3) is 0 Å². The van der Waals surface area contributed by atoms with Crippen molar-refractivity contribution in [3.8, 4) is 39.8 Å². The molecule has 12 rings (SSSR count). The highest BCUT2D eigenvalue weighted by Gasteiger charge is 2.27. The fourth-order valence-electron chi connectivity index (χ4n) is 9.07. The van der Waals surface area contributed by atoms with Crippen LogP contribution >= 0.6 is 0 Å². The van der Waals surface area contributed by atoms with Crippen LogP contribution in [0, 0.1) is 0 Å². The Bertz CT molecular complexity index is 3390. The Hall–Kier alpha value is -7.76. The third-order valence-electron chi connectivity index (χ3n) is 11.5. The molecule has 0 atom stereocenters. The van der Waals surface area contributed by atoms with Crippen molar-refractivity contribution in [2.45, 2.75) is 0 Å². The first-order valence-corrected chi connectivity index (χ1v) is 19.4. The van der Waals surface area contributed by atoms with Gasteiger partial charge in [-0.15, -0.1) is 0 Å². The molecule has 8 aromatic carbocycles. The second kappa shape index (κ2) is 12.4. The maximum atomic E-state index is 5.73. The molecule has 0 N–H and O–H groups in total. The van der Waals surface area contributed by atoms with E-state index in [9.17, 15) is 0 Å². The molecule has 0 aliphatic rings. The number of para-hydroxylation sites is 5. The number of benzene rings is 8. The van der Waals surface area contributed by atoms with E-state index in [0.29, 0.717) is 5.95 Å². The third kappa shape index (κ3) is 4.63. The summed E-state index contributed by atoms with van der Waals surface area (Å²) in [5.74, 6) is 0.612. The Morgan fingerprint density at radius 3 is 1.11 bits per heavy atom. The highest BCUT2D eigenvalue weighted by Crippen LogP contribution is 2.44. The molecule has 0 unspecified atom stereocenters. The van der Waals surface area contributed by atoms with Gasteiger partial charge in [-0.2, -0.15) is 0 Å². The number of hydrogen-bond donors (Lipinski definition) is 0. The summed E-state index contributed by atoms with van der Waals surface area (Å²) in [5, 5.41) is 7.06. The zero-order valence-electron chi connectivity index (χ0n) is 30.8. The summed E-state index contributed by atoms with van der Waals surface area (Å²) in [5.41, 5.74) is 12.4. The molecule has 0 aliphatic carbocycles. The van der Waals surface area contributed by atoms with Crippen LogP contribution < -0.4 is 0 Å². The molecular formula is C52H33N5. The summed E-state index contributed by atoms with van der Waals surface area (Å²) in [4.78, 5) is 11.5. The molecule has 0 radical (unpaired) electrons. The van der Waals surface area contributed by atoms with Gasteiger partial charge in [-0.25, -0.2) is 9.97 Å². The number of nitrogens with zero attached hydrogens (tertiary/aromatic N) is 5. The van der Waals surface area contributed by atoms with E-state index in [-0.39, 0.29) is 0 Å². The number of hydrogen-bond acceptors (Lipinski definition) is 2. The predicted octanol–water partition coefficient (Wildman–Crippen LogP) is 13.1. The standard InChI is InChI=1S/C52H33N5/c1-4-18-34(19-5-1)47-51(56-44-29-15-10-24-37(44)38-25-11-16-30-45(38)56)48(35-20-6-2-7-21-35)54-52(53-47)57-46-31-17-13-27-40(46)42-33-32-41-39-26-12-14-28-43(39)55(49(41)50(42)57)36-22-8-3-9-23-36/h1-33H. The van der Waals surface area contributed by atoms with Gasteiger partial charge in [0.2, 0.25) is 5.95 Å². The maximum Gasteiger partial charge on any atom is 0.236 e. The average Bonchev–Trinajstić information content (AvgIpc) is 3.93. The largest absolute Gasteiger partial charge is 0.307 e. The molecule has 5 heteroatoms. The minimum absolute atomic E-state index is 0.612. The molecule has 0 fully saturated rings. The third-order valence-corrected chi connectivity index (χ3v) is 11.5. The Labute approximate surface area is 328 Å². The Kier molecular flexibility index (Phi) is 6.86.